The number of aromatic amines is 1. The number of carbonyl (C=O) groups is 1. The van der Waals surface area contributed by atoms with Gasteiger partial charge in [0.1, 0.15) is 11.3 Å². The summed E-state index contributed by atoms with van der Waals surface area (Å²) in [6.45, 7) is 1.28. The number of ether oxygens (including phenoxy) is 2. The Kier molecular flexibility index (Phi) is 4.00. The largest absolute Gasteiger partial charge is 0.482 e. The lowest BCUT2D eigenvalue weighted by molar-refractivity contribution is -0.142. The van der Waals surface area contributed by atoms with E-state index in [2.05, 4.69) is 9.47 Å². The minimum Gasteiger partial charge on any atom is -0.482 e. The smallest absolute Gasteiger partial charge is 0.432 e. The van der Waals surface area contributed by atoms with E-state index in [4.69, 9.17) is 0 Å². The fourth-order valence-corrected chi connectivity index (χ4v) is 1.26. The third-order valence-electron chi connectivity index (χ3n) is 1.99. The van der Waals surface area contributed by atoms with E-state index in [1.807, 2.05) is 4.98 Å². The van der Waals surface area contributed by atoms with Gasteiger partial charge >= 0.3 is 12.1 Å². The lowest BCUT2D eigenvalue weighted by atomic mass is 10.1. The van der Waals surface area contributed by atoms with Crippen molar-refractivity contribution in [3.63, 3.8) is 0 Å². The summed E-state index contributed by atoms with van der Waals surface area (Å²) >= 11 is 0. The average Bonchev–Trinajstić information content (AvgIpc) is 2.26. The van der Waals surface area contributed by atoms with Crippen LogP contribution in [0.1, 0.15) is 23.0 Å². The monoisotopic (exact) mass is 265 g/mol. The van der Waals surface area contributed by atoms with Gasteiger partial charge in [-0.25, -0.2) is 4.79 Å². The Morgan fingerprint density at radius 1 is 1.44 bits per heavy atom. The highest BCUT2D eigenvalue weighted by Crippen LogP contribution is 2.30. The molecule has 0 spiro atoms. The minimum atomic E-state index is -4.89. The van der Waals surface area contributed by atoms with Gasteiger partial charge in [0.15, 0.2) is 5.88 Å². The maximum absolute atomic E-state index is 12.7. The predicted molar refractivity (Wildman–Crippen MR) is 54.6 cm³/mol. The molecule has 0 saturated carbocycles. The number of alkyl halides is 3. The molecule has 0 atom stereocenters. The van der Waals surface area contributed by atoms with Gasteiger partial charge in [0.05, 0.1) is 13.7 Å². The molecule has 1 aromatic heterocycles. The lowest BCUT2D eigenvalue weighted by Gasteiger charge is -2.12. The number of aromatic nitrogens is 1. The fraction of sp³-hybridized carbons (Fsp3) is 0.400. The highest BCUT2D eigenvalue weighted by Gasteiger charge is 2.39. The lowest BCUT2D eigenvalue weighted by Crippen LogP contribution is -2.25. The summed E-state index contributed by atoms with van der Waals surface area (Å²) in [6.07, 6.45) is -4.89. The van der Waals surface area contributed by atoms with Crippen LogP contribution in [0.25, 0.3) is 0 Å². The molecule has 1 N–H and O–H groups in total. The normalized spacial score (nSPS) is 11.2. The molecule has 0 unspecified atom stereocenters. The van der Waals surface area contributed by atoms with Gasteiger partial charge in [-0.3, -0.25) is 4.79 Å². The van der Waals surface area contributed by atoms with E-state index in [-0.39, 0.29) is 12.5 Å². The van der Waals surface area contributed by atoms with Gasteiger partial charge in [0, 0.05) is 6.07 Å². The zero-order valence-electron chi connectivity index (χ0n) is 9.55. The standard InChI is InChI=1S/C10H10F3NO4/c1-3-18-9(16)7-5(15)4-6(17-2)14-8(7)10(11,12)13/h4H,3H2,1-2H3,(H,14,15). The van der Waals surface area contributed by atoms with E-state index >= 15 is 0 Å². The van der Waals surface area contributed by atoms with Crippen LogP contribution >= 0.6 is 0 Å². The molecule has 1 aromatic rings. The Morgan fingerprint density at radius 3 is 2.50 bits per heavy atom. The summed E-state index contributed by atoms with van der Waals surface area (Å²) in [5.41, 5.74) is -3.67. The van der Waals surface area contributed by atoms with Crippen molar-refractivity contribution in [2.45, 2.75) is 13.1 Å². The van der Waals surface area contributed by atoms with Crippen molar-refractivity contribution < 1.29 is 27.4 Å². The van der Waals surface area contributed by atoms with Crippen LogP contribution in [0, 0.1) is 0 Å². The van der Waals surface area contributed by atoms with E-state index in [9.17, 15) is 22.8 Å². The van der Waals surface area contributed by atoms with E-state index in [1.165, 1.54) is 6.92 Å². The Hall–Kier alpha value is -1.99. The second-order valence-corrected chi connectivity index (χ2v) is 3.17. The molecule has 0 amide bonds. The van der Waals surface area contributed by atoms with Crippen LogP contribution in [-0.4, -0.2) is 24.7 Å². The molecule has 5 nitrogen and oxygen atoms in total. The van der Waals surface area contributed by atoms with Gasteiger partial charge in [-0.2, -0.15) is 13.2 Å². The van der Waals surface area contributed by atoms with Crippen molar-refractivity contribution in [2.24, 2.45) is 0 Å². The third kappa shape index (κ3) is 2.82. The number of H-pyrrole nitrogens is 1. The summed E-state index contributed by atoms with van der Waals surface area (Å²) in [5.74, 6) is -1.71. The van der Waals surface area contributed by atoms with Gasteiger partial charge in [-0.15, -0.1) is 0 Å². The number of hydrogen-bond donors (Lipinski definition) is 1. The topological polar surface area (TPSA) is 68.4 Å². The van der Waals surface area contributed by atoms with Crippen LogP contribution in [0.4, 0.5) is 13.2 Å². The summed E-state index contributed by atoms with van der Waals surface area (Å²) in [5, 5.41) is 0. The minimum absolute atomic E-state index is 0.137. The average molecular weight is 265 g/mol. The molecule has 0 aromatic carbocycles. The number of rotatable bonds is 3. The Balaban J connectivity index is 3.49. The van der Waals surface area contributed by atoms with E-state index in [0.717, 1.165) is 13.2 Å². The first-order chi connectivity index (χ1) is 8.31. The molecule has 0 bridgehead atoms. The van der Waals surface area contributed by atoms with Crippen LogP contribution < -0.4 is 10.2 Å². The summed E-state index contributed by atoms with van der Waals surface area (Å²) in [4.78, 5) is 24.7. The van der Waals surface area contributed by atoms with Crippen molar-refractivity contribution in [1.29, 1.82) is 0 Å². The van der Waals surface area contributed by atoms with Crippen molar-refractivity contribution in [3.8, 4) is 5.88 Å². The summed E-state index contributed by atoms with van der Waals surface area (Å²) in [7, 11) is 1.09. The zero-order chi connectivity index (χ0) is 13.9. The van der Waals surface area contributed by atoms with Crippen LogP contribution in [0.15, 0.2) is 10.9 Å². The van der Waals surface area contributed by atoms with E-state index < -0.39 is 28.8 Å². The number of esters is 1. The van der Waals surface area contributed by atoms with Crippen molar-refractivity contribution in [2.75, 3.05) is 13.7 Å². The highest BCUT2D eigenvalue weighted by molar-refractivity contribution is 5.90. The molecule has 0 aliphatic heterocycles. The fourth-order valence-electron chi connectivity index (χ4n) is 1.26. The predicted octanol–water partition coefficient (Wildman–Crippen LogP) is 1.58. The van der Waals surface area contributed by atoms with Gasteiger partial charge in [-0.1, -0.05) is 0 Å². The van der Waals surface area contributed by atoms with Crippen LogP contribution in [0.2, 0.25) is 0 Å². The SMILES string of the molecule is CCOC(=O)c1c(C(F)(F)F)[nH]c(OC)cc1=O. The molecule has 18 heavy (non-hydrogen) atoms. The number of nitrogens with one attached hydrogen (secondary N) is 1. The Labute approximate surface area is 99.5 Å². The Bertz CT molecular complexity index is 507. The summed E-state index contributed by atoms with van der Waals surface area (Å²) < 4.78 is 47.1. The second kappa shape index (κ2) is 5.11. The third-order valence-corrected chi connectivity index (χ3v) is 1.99. The molecular weight excluding hydrogens is 255 g/mol. The molecular formula is C10H10F3NO4. The van der Waals surface area contributed by atoms with Gasteiger partial charge < -0.3 is 14.5 Å². The molecule has 0 saturated heterocycles. The molecule has 0 radical (unpaired) electrons. The van der Waals surface area contributed by atoms with Crippen molar-refractivity contribution in [3.05, 3.63) is 27.5 Å². The highest BCUT2D eigenvalue weighted by atomic mass is 19.4. The quantitative estimate of drug-likeness (QED) is 0.842. The maximum atomic E-state index is 12.7. The van der Waals surface area contributed by atoms with Crippen LogP contribution in [-0.2, 0) is 10.9 Å². The molecule has 1 rings (SSSR count). The number of pyridine rings is 1. The van der Waals surface area contributed by atoms with Gasteiger partial charge in [-0.05, 0) is 6.92 Å². The first kappa shape index (κ1) is 14.1. The molecule has 0 aliphatic rings. The second-order valence-electron chi connectivity index (χ2n) is 3.17. The van der Waals surface area contributed by atoms with E-state index in [0.29, 0.717) is 0 Å². The zero-order valence-corrected chi connectivity index (χ0v) is 9.55. The molecule has 1 heterocycles. The maximum Gasteiger partial charge on any atom is 0.432 e. The van der Waals surface area contributed by atoms with E-state index in [1.54, 1.807) is 0 Å². The molecule has 0 fully saturated rings. The summed E-state index contributed by atoms with van der Waals surface area (Å²) in [6, 6.07) is 0.751. The van der Waals surface area contributed by atoms with Crippen LogP contribution in [0.3, 0.4) is 0 Å². The molecule has 100 valence electrons. The number of carbonyl (C=O) groups excluding carboxylic acids is 1. The first-order valence-corrected chi connectivity index (χ1v) is 4.86. The van der Waals surface area contributed by atoms with Crippen molar-refractivity contribution in [1.82, 2.24) is 4.98 Å². The Morgan fingerprint density at radius 2 is 2.06 bits per heavy atom. The number of methoxy groups -OCH3 is 1. The van der Waals surface area contributed by atoms with Crippen LogP contribution in [0.5, 0.6) is 5.88 Å². The first-order valence-electron chi connectivity index (χ1n) is 4.86. The van der Waals surface area contributed by atoms with Crippen molar-refractivity contribution >= 4 is 5.97 Å². The molecule has 8 heteroatoms. The van der Waals surface area contributed by atoms with Gasteiger partial charge in [0.2, 0.25) is 5.43 Å². The number of halogens is 3. The number of hydrogen-bond acceptors (Lipinski definition) is 4. The van der Waals surface area contributed by atoms with Gasteiger partial charge in [0.25, 0.3) is 0 Å². The molecule has 0 aliphatic carbocycles.